The van der Waals surface area contributed by atoms with Gasteiger partial charge in [-0.3, -0.25) is 9.36 Å². The highest BCUT2D eigenvalue weighted by atomic mass is 32.1. The second kappa shape index (κ2) is 8.92. The monoisotopic (exact) mass is 418 g/mol. The number of carbonyl (C=O) groups excluding carboxylic acids is 1. The van der Waals surface area contributed by atoms with Gasteiger partial charge in [0.05, 0.1) is 5.56 Å². The molecule has 1 aromatic carbocycles. The van der Waals surface area contributed by atoms with Crippen LogP contribution in [0.5, 0.6) is 5.88 Å². The zero-order chi connectivity index (χ0) is 20.9. The van der Waals surface area contributed by atoms with Crippen LogP contribution < -0.4 is 10.1 Å². The Balaban J connectivity index is 1.45. The minimum atomic E-state index is -0.135. The van der Waals surface area contributed by atoms with E-state index >= 15 is 0 Å². The molecule has 0 aliphatic heterocycles. The Morgan fingerprint density at radius 3 is 2.70 bits per heavy atom. The number of ether oxygens (including phenoxy) is 1. The van der Waals surface area contributed by atoms with Crippen LogP contribution in [0, 0.1) is 13.8 Å². The zero-order valence-corrected chi connectivity index (χ0v) is 17.6. The van der Waals surface area contributed by atoms with Crippen molar-refractivity contribution in [1.29, 1.82) is 0 Å². The summed E-state index contributed by atoms with van der Waals surface area (Å²) < 4.78 is 7.88. The number of amides is 1. The molecule has 7 heteroatoms. The summed E-state index contributed by atoms with van der Waals surface area (Å²) in [5, 5.41) is 5.77. The van der Waals surface area contributed by atoms with E-state index in [-0.39, 0.29) is 5.91 Å². The Kier molecular flexibility index (Phi) is 5.90. The van der Waals surface area contributed by atoms with Gasteiger partial charge in [-0.1, -0.05) is 36.4 Å². The first-order valence-electron chi connectivity index (χ1n) is 9.61. The molecule has 0 unspecified atom stereocenters. The SMILES string of the molecule is Cc1cc(C(=O)NCc2cccnc2OCc2ccccc2)c(C)n1-c1nccs1. The van der Waals surface area contributed by atoms with Crippen molar-refractivity contribution >= 4 is 17.2 Å². The second-order valence-corrected chi connectivity index (χ2v) is 7.73. The molecule has 6 nitrogen and oxygen atoms in total. The van der Waals surface area contributed by atoms with Crippen LogP contribution in [0.15, 0.2) is 66.3 Å². The molecule has 3 heterocycles. The van der Waals surface area contributed by atoms with Crippen molar-refractivity contribution in [3.63, 3.8) is 0 Å². The fourth-order valence-corrected chi connectivity index (χ4v) is 4.05. The largest absolute Gasteiger partial charge is 0.473 e. The number of pyridine rings is 1. The molecule has 30 heavy (non-hydrogen) atoms. The van der Waals surface area contributed by atoms with Crippen molar-refractivity contribution in [2.45, 2.75) is 27.0 Å². The third kappa shape index (κ3) is 4.26. The molecule has 4 rings (SSSR count). The Morgan fingerprint density at radius 1 is 1.10 bits per heavy atom. The summed E-state index contributed by atoms with van der Waals surface area (Å²) in [5.74, 6) is 0.388. The van der Waals surface area contributed by atoms with Crippen molar-refractivity contribution in [2.24, 2.45) is 0 Å². The highest BCUT2D eigenvalue weighted by Gasteiger charge is 2.18. The lowest BCUT2D eigenvalue weighted by Gasteiger charge is -2.11. The molecule has 0 aliphatic rings. The van der Waals surface area contributed by atoms with Gasteiger partial charge in [0.25, 0.3) is 5.91 Å². The van der Waals surface area contributed by atoms with Gasteiger partial charge >= 0.3 is 0 Å². The quantitative estimate of drug-likeness (QED) is 0.481. The Labute approximate surface area is 179 Å². The van der Waals surface area contributed by atoms with Crippen LogP contribution in [0.25, 0.3) is 5.13 Å². The molecular formula is C23H22N4O2S. The van der Waals surface area contributed by atoms with Gasteiger partial charge in [-0.15, -0.1) is 11.3 Å². The molecule has 0 fully saturated rings. The average Bonchev–Trinajstić information content (AvgIpc) is 3.39. The Morgan fingerprint density at radius 2 is 1.93 bits per heavy atom. The number of aromatic nitrogens is 3. The van der Waals surface area contributed by atoms with Crippen molar-refractivity contribution in [3.8, 4) is 11.0 Å². The number of nitrogens with one attached hydrogen (secondary N) is 1. The average molecular weight is 419 g/mol. The molecule has 152 valence electrons. The van der Waals surface area contributed by atoms with Gasteiger partial charge in [-0.2, -0.15) is 0 Å². The van der Waals surface area contributed by atoms with Crippen LogP contribution in [0.1, 0.15) is 32.9 Å². The van der Waals surface area contributed by atoms with E-state index in [1.54, 1.807) is 23.7 Å². The van der Waals surface area contributed by atoms with Crippen LogP contribution >= 0.6 is 11.3 Å². The van der Waals surface area contributed by atoms with Gasteiger partial charge in [-0.05, 0) is 31.5 Å². The third-order valence-corrected chi connectivity index (χ3v) is 5.55. The van der Waals surface area contributed by atoms with E-state index in [2.05, 4.69) is 15.3 Å². The van der Waals surface area contributed by atoms with E-state index in [1.165, 1.54) is 0 Å². The second-order valence-electron chi connectivity index (χ2n) is 6.86. The number of nitrogens with zero attached hydrogens (tertiary/aromatic N) is 3. The summed E-state index contributed by atoms with van der Waals surface area (Å²) in [6, 6.07) is 15.6. The fourth-order valence-electron chi connectivity index (χ4n) is 3.30. The van der Waals surface area contributed by atoms with Gasteiger partial charge in [0.1, 0.15) is 6.61 Å². The van der Waals surface area contributed by atoms with Crippen molar-refractivity contribution < 1.29 is 9.53 Å². The minimum absolute atomic E-state index is 0.135. The maximum atomic E-state index is 12.9. The highest BCUT2D eigenvalue weighted by Crippen LogP contribution is 2.22. The molecule has 1 amide bonds. The van der Waals surface area contributed by atoms with Crippen molar-refractivity contribution in [1.82, 2.24) is 19.9 Å². The van der Waals surface area contributed by atoms with Crippen LogP contribution in [0.4, 0.5) is 0 Å². The number of aryl methyl sites for hydroxylation is 1. The number of rotatable bonds is 7. The van der Waals surface area contributed by atoms with Crippen LogP contribution in [-0.2, 0) is 13.2 Å². The topological polar surface area (TPSA) is 69.0 Å². The molecule has 3 aromatic heterocycles. The maximum absolute atomic E-state index is 12.9. The standard InChI is InChI=1S/C23H22N4O2S/c1-16-13-20(17(2)27(16)23-25-11-12-30-23)21(28)26-14-19-9-6-10-24-22(19)29-15-18-7-4-3-5-8-18/h3-13H,14-15H2,1-2H3,(H,26,28). The van der Waals surface area contributed by atoms with Gasteiger partial charge in [0, 0.05) is 41.3 Å². The summed E-state index contributed by atoms with van der Waals surface area (Å²) in [6.45, 7) is 4.66. The van der Waals surface area contributed by atoms with E-state index in [4.69, 9.17) is 4.74 Å². The summed E-state index contributed by atoms with van der Waals surface area (Å²) in [7, 11) is 0. The smallest absolute Gasteiger partial charge is 0.253 e. The van der Waals surface area contributed by atoms with E-state index in [1.807, 2.05) is 72.3 Å². The maximum Gasteiger partial charge on any atom is 0.253 e. The van der Waals surface area contributed by atoms with Gasteiger partial charge in [0.15, 0.2) is 5.13 Å². The lowest BCUT2D eigenvalue weighted by molar-refractivity contribution is 0.0950. The molecule has 0 aliphatic carbocycles. The predicted octanol–water partition coefficient (Wildman–Crippen LogP) is 4.45. The number of carbonyl (C=O) groups is 1. The first-order chi connectivity index (χ1) is 14.6. The fraction of sp³-hybridized carbons (Fsp3) is 0.174. The third-order valence-electron chi connectivity index (χ3n) is 4.79. The molecule has 1 N–H and O–H groups in total. The molecule has 0 bridgehead atoms. The van der Waals surface area contributed by atoms with Gasteiger partial charge < -0.3 is 10.1 Å². The molecule has 0 radical (unpaired) electrons. The highest BCUT2D eigenvalue weighted by molar-refractivity contribution is 7.12. The lowest BCUT2D eigenvalue weighted by atomic mass is 10.2. The number of benzene rings is 1. The van der Waals surface area contributed by atoms with Crippen LogP contribution in [0.3, 0.4) is 0 Å². The Bertz CT molecular complexity index is 1140. The first kappa shape index (κ1) is 19.8. The summed E-state index contributed by atoms with van der Waals surface area (Å²) in [6.07, 6.45) is 3.45. The molecular weight excluding hydrogens is 396 g/mol. The zero-order valence-electron chi connectivity index (χ0n) is 16.8. The lowest BCUT2D eigenvalue weighted by Crippen LogP contribution is -2.23. The molecule has 0 atom stereocenters. The number of thiazole rings is 1. The van der Waals surface area contributed by atoms with Crippen LogP contribution in [0.2, 0.25) is 0 Å². The number of hydrogen-bond donors (Lipinski definition) is 1. The van der Waals surface area contributed by atoms with E-state index in [9.17, 15) is 4.79 Å². The summed E-state index contributed by atoms with van der Waals surface area (Å²) >= 11 is 1.54. The van der Waals surface area contributed by atoms with E-state index < -0.39 is 0 Å². The molecule has 0 saturated carbocycles. The predicted molar refractivity (Wildman–Crippen MR) is 117 cm³/mol. The Hall–Kier alpha value is -3.45. The summed E-state index contributed by atoms with van der Waals surface area (Å²) in [5.41, 5.74) is 4.37. The molecule has 0 spiro atoms. The van der Waals surface area contributed by atoms with Gasteiger partial charge in [0.2, 0.25) is 5.88 Å². The van der Waals surface area contributed by atoms with Crippen LogP contribution in [-0.4, -0.2) is 20.4 Å². The first-order valence-corrected chi connectivity index (χ1v) is 10.5. The minimum Gasteiger partial charge on any atom is -0.473 e. The normalized spacial score (nSPS) is 10.7. The van der Waals surface area contributed by atoms with E-state index in [0.29, 0.717) is 24.6 Å². The van der Waals surface area contributed by atoms with E-state index in [0.717, 1.165) is 27.6 Å². The molecule has 4 aromatic rings. The van der Waals surface area contributed by atoms with Gasteiger partial charge in [-0.25, -0.2) is 9.97 Å². The van der Waals surface area contributed by atoms with Crippen molar-refractivity contribution in [3.05, 3.63) is 94.4 Å². The summed E-state index contributed by atoms with van der Waals surface area (Å²) in [4.78, 5) is 21.5. The number of hydrogen-bond acceptors (Lipinski definition) is 5. The van der Waals surface area contributed by atoms with Crippen molar-refractivity contribution in [2.75, 3.05) is 0 Å². The molecule has 0 saturated heterocycles.